The molecule has 0 aromatic carbocycles. The summed E-state index contributed by atoms with van der Waals surface area (Å²) in [5.41, 5.74) is -0.676. The van der Waals surface area contributed by atoms with Crippen molar-refractivity contribution in [1.29, 1.82) is 0 Å². The zero-order valence-corrected chi connectivity index (χ0v) is 11.8. The molecule has 1 atom stereocenters. The van der Waals surface area contributed by atoms with Crippen LogP contribution >= 0.6 is 0 Å². The highest BCUT2D eigenvalue weighted by Gasteiger charge is 2.58. The topological polar surface area (TPSA) is 80.1 Å². The third-order valence-electron chi connectivity index (χ3n) is 4.23. The van der Waals surface area contributed by atoms with Crippen LogP contribution in [-0.2, 0) is 18.4 Å². The largest absolute Gasteiger partial charge is 0.325 e. The molecule has 0 spiro atoms. The van der Waals surface area contributed by atoms with Crippen LogP contribution in [0.1, 0.15) is 38.4 Å². The number of imide groups is 1. The normalized spacial score (nSPS) is 26.2. The summed E-state index contributed by atoms with van der Waals surface area (Å²) in [6.45, 7) is 2.22. The highest BCUT2D eigenvalue weighted by molar-refractivity contribution is 6.07. The van der Waals surface area contributed by atoms with Gasteiger partial charge >= 0.3 is 6.03 Å². The van der Waals surface area contributed by atoms with Crippen molar-refractivity contribution in [2.45, 2.75) is 44.7 Å². The van der Waals surface area contributed by atoms with Crippen LogP contribution in [0.5, 0.6) is 0 Å². The predicted octanol–water partition coefficient (Wildman–Crippen LogP) is 0.816. The van der Waals surface area contributed by atoms with Crippen LogP contribution in [-0.4, -0.2) is 37.1 Å². The molecule has 0 bridgehead atoms. The van der Waals surface area contributed by atoms with E-state index in [2.05, 4.69) is 15.4 Å². The molecule has 1 saturated carbocycles. The first-order valence-electron chi connectivity index (χ1n) is 7.05. The summed E-state index contributed by atoms with van der Waals surface area (Å²) >= 11 is 0. The number of hydrogen-bond donors (Lipinski definition) is 1. The van der Waals surface area contributed by atoms with Crippen LogP contribution < -0.4 is 5.32 Å². The average molecular weight is 277 g/mol. The number of nitrogens with zero attached hydrogens (tertiary/aromatic N) is 4. The lowest BCUT2D eigenvalue weighted by Gasteiger charge is -2.26. The Hall–Kier alpha value is -1.92. The van der Waals surface area contributed by atoms with E-state index in [1.54, 1.807) is 11.7 Å². The lowest BCUT2D eigenvalue weighted by Crippen LogP contribution is -2.49. The minimum absolute atomic E-state index is 0.102. The van der Waals surface area contributed by atoms with Gasteiger partial charge in [0, 0.05) is 7.05 Å². The minimum Gasteiger partial charge on any atom is -0.323 e. The standard InChI is InChI=1S/C13H19N5O2/c1-3-6-13(9-4-5-9)11(19)18(12(20)16-13)7-10-14-8-15-17(10)2/h8-9H,3-7H2,1-2H3,(H,16,20)/t13-/m0/s1. The Morgan fingerprint density at radius 2 is 2.20 bits per heavy atom. The Morgan fingerprint density at radius 1 is 1.45 bits per heavy atom. The summed E-state index contributed by atoms with van der Waals surface area (Å²) in [7, 11) is 1.75. The SMILES string of the molecule is CCC[C@@]1(C2CC2)NC(=O)N(Cc2ncnn2C)C1=O. The molecule has 108 valence electrons. The molecular formula is C13H19N5O2. The Bertz CT molecular complexity index is 551. The molecule has 1 aromatic heterocycles. The molecule has 7 heteroatoms. The summed E-state index contributed by atoms with van der Waals surface area (Å²) in [5.74, 6) is 0.801. The second-order valence-corrected chi connectivity index (χ2v) is 5.62. The summed E-state index contributed by atoms with van der Waals surface area (Å²) in [4.78, 5) is 30.3. The van der Waals surface area contributed by atoms with Gasteiger partial charge in [0.1, 0.15) is 17.7 Å². The van der Waals surface area contributed by atoms with Crippen molar-refractivity contribution < 1.29 is 9.59 Å². The lowest BCUT2D eigenvalue weighted by molar-refractivity contribution is -0.132. The zero-order chi connectivity index (χ0) is 14.3. The Morgan fingerprint density at radius 3 is 2.75 bits per heavy atom. The fraction of sp³-hybridized carbons (Fsp3) is 0.692. The van der Waals surface area contributed by atoms with E-state index in [9.17, 15) is 9.59 Å². The van der Waals surface area contributed by atoms with Crippen molar-refractivity contribution in [3.8, 4) is 0 Å². The molecule has 3 amide bonds. The number of rotatable bonds is 5. The van der Waals surface area contributed by atoms with E-state index in [0.29, 0.717) is 18.2 Å². The van der Waals surface area contributed by atoms with Crippen LogP contribution in [0.4, 0.5) is 4.79 Å². The number of aryl methyl sites for hydroxylation is 1. The second-order valence-electron chi connectivity index (χ2n) is 5.62. The monoisotopic (exact) mass is 277 g/mol. The Balaban J connectivity index is 1.84. The minimum atomic E-state index is -0.676. The molecule has 0 radical (unpaired) electrons. The van der Waals surface area contributed by atoms with Gasteiger partial charge in [0.15, 0.2) is 0 Å². The van der Waals surface area contributed by atoms with Gasteiger partial charge in [-0.05, 0) is 25.2 Å². The quantitative estimate of drug-likeness (QED) is 0.808. The van der Waals surface area contributed by atoms with Gasteiger partial charge in [0.25, 0.3) is 5.91 Å². The van der Waals surface area contributed by atoms with Crippen molar-refractivity contribution in [3.05, 3.63) is 12.2 Å². The van der Waals surface area contributed by atoms with E-state index < -0.39 is 5.54 Å². The van der Waals surface area contributed by atoms with Crippen LogP contribution in [0, 0.1) is 5.92 Å². The Labute approximate surface area is 117 Å². The molecule has 2 aliphatic rings. The number of carbonyl (C=O) groups excluding carboxylic acids is 2. The number of urea groups is 1. The number of hydrogen-bond acceptors (Lipinski definition) is 4. The zero-order valence-electron chi connectivity index (χ0n) is 11.8. The molecule has 20 heavy (non-hydrogen) atoms. The molecule has 1 aromatic rings. The van der Waals surface area contributed by atoms with Crippen LogP contribution in [0.2, 0.25) is 0 Å². The molecule has 0 unspecified atom stereocenters. The molecule has 7 nitrogen and oxygen atoms in total. The van der Waals surface area contributed by atoms with E-state index >= 15 is 0 Å². The van der Waals surface area contributed by atoms with Crippen molar-refractivity contribution in [1.82, 2.24) is 25.0 Å². The van der Waals surface area contributed by atoms with Gasteiger partial charge in [-0.25, -0.2) is 9.78 Å². The summed E-state index contributed by atoms with van der Waals surface area (Å²) < 4.78 is 1.58. The van der Waals surface area contributed by atoms with E-state index in [1.165, 1.54) is 11.2 Å². The lowest BCUT2D eigenvalue weighted by atomic mass is 9.88. The van der Waals surface area contributed by atoms with Gasteiger partial charge in [-0.1, -0.05) is 13.3 Å². The van der Waals surface area contributed by atoms with Crippen LogP contribution in [0.3, 0.4) is 0 Å². The predicted molar refractivity (Wildman–Crippen MR) is 70.4 cm³/mol. The fourth-order valence-electron chi connectivity index (χ4n) is 3.01. The van der Waals surface area contributed by atoms with Gasteiger partial charge in [0.05, 0.1) is 6.54 Å². The molecule has 1 aliphatic heterocycles. The maximum atomic E-state index is 12.7. The molecule has 3 rings (SSSR count). The van der Waals surface area contributed by atoms with Gasteiger partial charge in [-0.15, -0.1) is 0 Å². The fourth-order valence-corrected chi connectivity index (χ4v) is 3.01. The van der Waals surface area contributed by atoms with Crippen molar-refractivity contribution >= 4 is 11.9 Å². The van der Waals surface area contributed by atoms with Crippen molar-refractivity contribution in [3.63, 3.8) is 0 Å². The smallest absolute Gasteiger partial charge is 0.323 e. The molecule has 2 heterocycles. The molecule has 1 aliphatic carbocycles. The van der Waals surface area contributed by atoms with Gasteiger partial charge < -0.3 is 5.32 Å². The van der Waals surface area contributed by atoms with E-state index in [1.807, 2.05) is 6.92 Å². The average Bonchev–Trinajstić information content (AvgIpc) is 3.15. The maximum absolute atomic E-state index is 12.7. The number of nitrogens with one attached hydrogen (secondary N) is 1. The van der Waals surface area contributed by atoms with E-state index in [0.717, 1.165) is 19.3 Å². The van der Waals surface area contributed by atoms with E-state index in [4.69, 9.17) is 0 Å². The number of aromatic nitrogens is 3. The highest BCUT2D eigenvalue weighted by Crippen LogP contribution is 2.45. The number of carbonyl (C=O) groups is 2. The first-order valence-corrected chi connectivity index (χ1v) is 7.05. The number of amides is 3. The Kier molecular flexibility index (Phi) is 2.99. The molecule has 1 N–H and O–H groups in total. The van der Waals surface area contributed by atoms with Crippen LogP contribution in [0.25, 0.3) is 0 Å². The third-order valence-corrected chi connectivity index (χ3v) is 4.23. The maximum Gasteiger partial charge on any atom is 0.325 e. The van der Waals surface area contributed by atoms with E-state index in [-0.39, 0.29) is 18.5 Å². The summed E-state index contributed by atoms with van der Waals surface area (Å²) in [6.07, 6.45) is 5.04. The highest BCUT2D eigenvalue weighted by atomic mass is 16.2. The van der Waals surface area contributed by atoms with Gasteiger partial charge in [0.2, 0.25) is 0 Å². The van der Waals surface area contributed by atoms with Gasteiger partial charge in [-0.2, -0.15) is 5.10 Å². The molecular weight excluding hydrogens is 258 g/mol. The molecule has 1 saturated heterocycles. The van der Waals surface area contributed by atoms with Crippen LogP contribution in [0.15, 0.2) is 6.33 Å². The second kappa shape index (κ2) is 4.57. The summed E-state index contributed by atoms with van der Waals surface area (Å²) in [6, 6.07) is -0.307. The van der Waals surface area contributed by atoms with Gasteiger partial charge in [-0.3, -0.25) is 14.4 Å². The molecule has 2 fully saturated rings. The first kappa shape index (κ1) is 13.1. The third kappa shape index (κ3) is 1.88. The van der Waals surface area contributed by atoms with Crippen molar-refractivity contribution in [2.24, 2.45) is 13.0 Å². The first-order chi connectivity index (χ1) is 9.58. The van der Waals surface area contributed by atoms with Crippen molar-refractivity contribution in [2.75, 3.05) is 0 Å². The summed E-state index contributed by atoms with van der Waals surface area (Å²) in [5, 5.41) is 6.91.